The lowest BCUT2D eigenvalue weighted by Gasteiger charge is -2.27. The van der Waals surface area contributed by atoms with E-state index in [2.05, 4.69) is 4.90 Å². The number of ether oxygens (including phenoxy) is 1. The first kappa shape index (κ1) is 17.7. The number of hydrogen-bond donors (Lipinski definition) is 2. The van der Waals surface area contributed by atoms with Gasteiger partial charge in [-0.25, -0.2) is 4.39 Å². The first-order valence-corrected chi connectivity index (χ1v) is 8.61. The first-order valence-electron chi connectivity index (χ1n) is 8.61. The molecular formula is C20H24FNO3. The van der Waals surface area contributed by atoms with Gasteiger partial charge in [0.1, 0.15) is 5.82 Å². The van der Waals surface area contributed by atoms with Gasteiger partial charge in [-0.15, -0.1) is 0 Å². The zero-order valence-electron chi connectivity index (χ0n) is 14.4. The Bertz CT molecular complexity index is 705. The van der Waals surface area contributed by atoms with Gasteiger partial charge in [0.15, 0.2) is 11.5 Å². The predicted octanol–water partition coefficient (Wildman–Crippen LogP) is 3.63. The summed E-state index contributed by atoms with van der Waals surface area (Å²) in [7, 11) is 1.54. The Balaban J connectivity index is 1.67. The van der Waals surface area contributed by atoms with Crippen LogP contribution in [0.15, 0.2) is 42.5 Å². The number of halogens is 1. The summed E-state index contributed by atoms with van der Waals surface area (Å²) in [6.45, 7) is 1.54. The van der Waals surface area contributed by atoms with E-state index in [4.69, 9.17) is 4.74 Å². The number of para-hydroxylation sites is 1. The van der Waals surface area contributed by atoms with E-state index in [0.29, 0.717) is 18.7 Å². The van der Waals surface area contributed by atoms with E-state index in [-0.39, 0.29) is 17.6 Å². The van der Waals surface area contributed by atoms with Crippen molar-refractivity contribution in [1.29, 1.82) is 0 Å². The fourth-order valence-electron chi connectivity index (χ4n) is 3.53. The van der Waals surface area contributed by atoms with Crippen LogP contribution in [0, 0.1) is 5.82 Å². The molecule has 0 bridgehead atoms. The fourth-order valence-corrected chi connectivity index (χ4v) is 3.53. The number of phenolic OH excluding ortho intramolecular Hbond substituents is 1. The summed E-state index contributed by atoms with van der Waals surface area (Å²) in [5.74, 6) is 0.348. The molecule has 1 fully saturated rings. The van der Waals surface area contributed by atoms with E-state index in [1.54, 1.807) is 18.2 Å². The second-order valence-corrected chi connectivity index (χ2v) is 6.54. The maximum atomic E-state index is 13.0. The molecule has 1 aliphatic heterocycles. The molecule has 2 aromatic carbocycles. The van der Waals surface area contributed by atoms with Crippen molar-refractivity contribution in [2.45, 2.75) is 38.0 Å². The smallest absolute Gasteiger partial charge is 0.162 e. The molecular weight excluding hydrogens is 321 g/mol. The molecule has 0 amide bonds. The van der Waals surface area contributed by atoms with Crippen LogP contribution in [0.1, 0.15) is 36.5 Å². The third kappa shape index (κ3) is 4.11. The molecule has 2 unspecified atom stereocenters. The lowest BCUT2D eigenvalue weighted by molar-refractivity contribution is 0.117. The number of benzene rings is 2. The maximum Gasteiger partial charge on any atom is 0.162 e. The average Bonchev–Trinajstić information content (AvgIpc) is 3.04. The minimum Gasteiger partial charge on any atom is -0.504 e. The Morgan fingerprint density at radius 2 is 2.00 bits per heavy atom. The summed E-state index contributed by atoms with van der Waals surface area (Å²) in [6.07, 6.45) is 2.04. The number of aromatic hydroxyl groups is 1. The molecule has 25 heavy (non-hydrogen) atoms. The van der Waals surface area contributed by atoms with Crippen molar-refractivity contribution < 1.29 is 19.3 Å². The molecule has 3 rings (SSSR count). The molecule has 5 heteroatoms. The molecule has 134 valence electrons. The second kappa shape index (κ2) is 7.85. The predicted molar refractivity (Wildman–Crippen MR) is 94.1 cm³/mol. The molecule has 0 saturated carbocycles. The Kier molecular flexibility index (Phi) is 5.56. The molecule has 0 spiro atoms. The highest BCUT2D eigenvalue weighted by Crippen LogP contribution is 2.33. The largest absolute Gasteiger partial charge is 0.504 e. The number of hydrogen-bond acceptors (Lipinski definition) is 4. The van der Waals surface area contributed by atoms with E-state index >= 15 is 0 Å². The zero-order valence-corrected chi connectivity index (χ0v) is 14.4. The fraction of sp³-hybridized carbons (Fsp3) is 0.400. The van der Waals surface area contributed by atoms with Crippen LogP contribution in [0.2, 0.25) is 0 Å². The molecule has 0 aliphatic carbocycles. The van der Waals surface area contributed by atoms with Crippen LogP contribution in [0.25, 0.3) is 0 Å². The van der Waals surface area contributed by atoms with Crippen LogP contribution in [0.4, 0.5) is 4.39 Å². The molecule has 1 heterocycles. The molecule has 1 saturated heterocycles. The van der Waals surface area contributed by atoms with Crippen molar-refractivity contribution in [2.75, 3.05) is 13.7 Å². The van der Waals surface area contributed by atoms with Crippen LogP contribution in [0.3, 0.4) is 0 Å². The summed E-state index contributed by atoms with van der Waals surface area (Å²) in [6, 6.07) is 11.7. The van der Waals surface area contributed by atoms with E-state index in [9.17, 15) is 14.6 Å². The van der Waals surface area contributed by atoms with Gasteiger partial charge in [0.05, 0.1) is 13.2 Å². The zero-order chi connectivity index (χ0) is 17.8. The number of nitrogens with zero attached hydrogens (tertiary/aromatic N) is 1. The second-order valence-electron chi connectivity index (χ2n) is 6.54. The lowest BCUT2D eigenvalue weighted by Crippen LogP contribution is -2.30. The third-order valence-electron chi connectivity index (χ3n) is 4.93. The van der Waals surface area contributed by atoms with Crippen molar-refractivity contribution >= 4 is 0 Å². The van der Waals surface area contributed by atoms with Crippen molar-refractivity contribution in [3.63, 3.8) is 0 Å². The Morgan fingerprint density at radius 1 is 1.24 bits per heavy atom. The van der Waals surface area contributed by atoms with Gasteiger partial charge in [0.25, 0.3) is 0 Å². The highest BCUT2D eigenvalue weighted by Gasteiger charge is 2.28. The van der Waals surface area contributed by atoms with Crippen LogP contribution in [-0.2, 0) is 6.54 Å². The van der Waals surface area contributed by atoms with Gasteiger partial charge in [-0.1, -0.05) is 24.3 Å². The molecule has 0 aromatic heterocycles. The minimum absolute atomic E-state index is 0.176. The topological polar surface area (TPSA) is 52.9 Å². The summed E-state index contributed by atoms with van der Waals surface area (Å²) >= 11 is 0. The standard InChI is InChI=1S/C20H24FNO3/c1-25-19-6-2-4-15(20(19)24)13-22-11-3-5-17(22)12-18(23)14-7-9-16(21)10-8-14/h2,4,6-10,17-18,23-24H,3,5,11-13H2,1H3. The van der Waals surface area contributed by atoms with E-state index in [0.717, 1.165) is 30.5 Å². The number of methoxy groups -OCH3 is 1. The Morgan fingerprint density at radius 3 is 2.72 bits per heavy atom. The number of aliphatic hydroxyl groups is 1. The van der Waals surface area contributed by atoms with Gasteiger partial charge in [0, 0.05) is 18.2 Å². The minimum atomic E-state index is -0.620. The van der Waals surface area contributed by atoms with E-state index < -0.39 is 6.10 Å². The van der Waals surface area contributed by atoms with Crippen LogP contribution in [0.5, 0.6) is 11.5 Å². The van der Waals surface area contributed by atoms with Gasteiger partial charge < -0.3 is 14.9 Å². The SMILES string of the molecule is COc1cccc(CN2CCCC2CC(O)c2ccc(F)cc2)c1O. The van der Waals surface area contributed by atoms with Gasteiger partial charge in [-0.2, -0.15) is 0 Å². The van der Waals surface area contributed by atoms with Gasteiger partial charge in [-0.05, 0) is 49.6 Å². The third-order valence-corrected chi connectivity index (χ3v) is 4.93. The Labute approximate surface area is 147 Å². The molecule has 0 radical (unpaired) electrons. The van der Waals surface area contributed by atoms with Crippen LogP contribution in [-0.4, -0.2) is 34.8 Å². The van der Waals surface area contributed by atoms with Gasteiger partial charge in [-0.3, -0.25) is 4.90 Å². The summed E-state index contributed by atoms with van der Waals surface area (Å²) in [5.41, 5.74) is 1.56. The molecule has 4 nitrogen and oxygen atoms in total. The van der Waals surface area contributed by atoms with Crippen molar-refractivity contribution in [2.24, 2.45) is 0 Å². The monoisotopic (exact) mass is 345 g/mol. The van der Waals surface area contributed by atoms with Gasteiger partial charge in [0.2, 0.25) is 0 Å². The average molecular weight is 345 g/mol. The summed E-state index contributed by atoms with van der Waals surface area (Å²) < 4.78 is 18.2. The summed E-state index contributed by atoms with van der Waals surface area (Å²) in [4.78, 5) is 2.28. The number of phenols is 1. The van der Waals surface area contributed by atoms with Gasteiger partial charge >= 0.3 is 0 Å². The van der Waals surface area contributed by atoms with Crippen molar-refractivity contribution in [3.8, 4) is 11.5 Å². The molecule has 1 aliphatic rings. The highest BCUT2D eigenvalue weighted by atomic mass is 19.1. The van der Waals surface area contributed by atoms with E-state index in [1.165, 1.54) is 19.2 Å². The first-order chi connectivity index (χ1) is 12.1. The maximum absolute atomic E-state index is 13.0. The molecule has 2 aromatic rings. The molecule has 2 N–H and O–H groups in total. The number of aliphatic hydroxyl groups excluding tert-OH is 1. The normalized spacial score (nSPS) is 19.1. The molecule has 2 atom stereocenters. The van der Waals surface area contributed by atoms with E-state index in [1.807, 2.05) is 12.1 Å². The van der Waals surface area contributed by atoms with Crippen molar-refractivity contribution in [1.82, 2.24) is 4.90 Å². The number of rotatable bonds is 6. The Hall–Kier alpha value is -2.11. The lowest BCUT2D eigenvalue weighted by atomic mass is 10.00. The van der Waals surface area contributed by atoms with Crippen LogP contribution >= 0.6 is 0 Å². The summed E-state index contributed by atoms with van der Waals surface area (Å²) in [5, 5.41) is 20.8. The van der Waals surface area contributed by atoms with Crippen LogP contribution < -0.4 is 4.74 Å². The van der Waals surface area contributed by atoms with Crippen molar-refractivity contribution in [3.05, 3.63) is 59.4 Å². The number of likely N-dealkylation sites (tertiary alicyclic amines) is 1. The quantitative estimate of drug-likeness (QED) is 0.839. The highest BCUT2D eigenvalue weighted by molar-refractivity contribution is 5.45.